The van der Waals surface area contributed by atoms with Crippen molar-refractivity contribution < 1.29 is 24.2 Å². The molecule has 1 atom stereocenters. The van der Waals surface area contributed by atoms with Gasteiger partial charge in [-0.15, -0.1) is 0 Å². The number of carboxylic acid groups (broad SMARTS) is 1. The minimum Gasteiger partial charge on any atom is -0.481 e. The first kappa shape index (κ1) is 24.3. The third-order valence-corrected chi connectivity index (χ3v) is 6.13. The first-order valence-electron chi connectivity index (χ1n) is 11.4. The Morgan fingerprint density at radius 2 is 1.58 bits per heavy atom. The minimum absolute atomic E-state index is 0.00799. The summed E-state index contributed by atoms with van der Waals surface area (Å²) in [4.78, 5) is 35.1. The number of carbonyl (C=O) groups excluding carboxylic acids is 2. The average molecular weight is 453 g/mol. The second-order valence-electron chi connectivity index (χ2n) is 8.76. The van der Waals surface area contributed by atoms with E-state index in [9.17, 15) is 14.4 Å². The first-order valence-corrected chi connectivity index (χ1v) is 11.4. The van der Waals surface area contributed by atoms with Gasteiger partial charge < -0.3 is 20.5 Å². The van der Waals surface area contributed by atoms with Crippen LogP contribution in [0.25, 0.3) is 11.1 Å². The molecule has 3 rings (SSSR count). The minimum atomic E-state index is -0.866. The number of benzene rings is 2. The molecule has 0 bridgehead atoms. The predicted molar refractivity (Wildman–Crippen MR) is 126 cm³/mol. The van der Waals surface area contributed by atoms with Crippen molar-refractivity contribution >= 4 is 18.0 Å². The largest absolute Gasteiger partial charge is 0.481 e. The summed E-state index contributed by atoms with van der Waals surface area (Å²) in [5.74, 6) is -0.953. The molecule has 2 aromatic carbocycles. The number of hydrogen-bond donors (Lipinski definition) is 3. The number of hydrogen-bond acceptors (Lipinski definition) is 4. The molecule has 176 valence electrons. The van der Waals surface area contributed by atoms with Crippen molar-refractivity contribution in [3.63, 3.8) is 0 Å². The second kappa shape index (κ2) is 11.5. The Balaban J connectivity index is 1.38. The third-order valence-electron chi connectivity index (χ3n) is 6.13. The van der Waals surface area contributed by atoms with Gasteiger partial charge >= 0.3 is 12.1 Å². The topological polar surface area (TPSA) is 105 Å². The smallest absolute Gasteiger partial charge is 0.407 e. The fourth-order valence-corrected chi connectivity index (χ4v) is 4.19. The number of carbonyl (C=O) groups is 3. The molecule has 0 heterocycles. The number of fused-ring (bicyclic) bond motifs is 3. The van der Waals surface area contributed by atoms with Gasteiger partial charge in [0.15, 0.2) is 0 Å². The molecular formula is C26H32N2O5. The second-order valence-corrected chi connectivity index (χ2v) is 8.76. The van der Waals surface area contributed by atoms with E-state index in [4.69, 9.17) is 9.84 Å². The van der Waals surface area contributed by atoms with Gasteiger partial charge in [0, 0.05) is 25.4 Å². The van der Waals surface area contributed by atoms with Crippen molar-refractivity contribution in [1.82, 2.24) is 10.6 Å². The van der Waals surface area contributed by atoms with Crippen LogP contribution >= 0.6 is 0 Å². The average Bonchev–Trinajstić information content (AvgIpc) is 3.11. The van der Waals surface area contributed by atoms with Crippen molar-refractivity contribution in [2.75, 3.05) is 19.7 Å². The van der Waals surface area contributed by atoms with Crippen LogP contribution in [-0.4, -0.2) is 42.8 Å². The van der Waals surface area contributed by atoms with Crippen LogP contribution in [0.5, 0.6) is 0 Å². The number of rotatable bonds is 11. The zero-order valence-electron chi connectivity index (χ0n) is 19.2. The monoisotopic (exact) mass is 452 g/mol. The number of aliphatic carboxylic acids is 1. The maximum atomic E-state index is 12.2. The Labute approximate surface area is 194 Å². The van der Waals surface area contributed by atoms with Gasteiger partial charge in [0.25, 0.3) is 0 Å². The summed E-state index contributed by atoms with van der Waals surface area (Å²) in [6.45, 7) is 4.80. The van der Waals surface area contributed by atoms with E-state index in [1.807, 2.05) is 38.1 Å². The van der Waals surface area contributed by atoms with Crippen molar-refractivity contribution in [3.05, 3.63) is 59.7 Å². The number of amides is 2. The fraction of sp³-hybridized carbons (Fsp3) is 0.423. The highest BCUT2D eigenvalue weighted by Gasteiger charge is 2.29. The van der Waals surface area contributed by atoms with Crippen LogP contribution in [0.4, 0.5) is 4.79 Å². The number of ether oxygens (including phenoxy) is 1. The Kier molecular flexibility index (Phi) is 8.46. The molecule has 0 saturated heterocycles. The maximum Gasteiger partial charge on any atom is 0.407 e. The Hall–Kier alpha value is -3.35. The highest BCUT2D eigenvalue weighted by molar-refractivity contribution is 5.79. The predicted octanol–water partition coefficient (Wildman–Crippen LogP) is 4.17. The highest BCUT2D eigenvalue weighted by atomic mass is 16.5. The normalized spacial score (nSPS) is 13.2. The van der Waals surface area contributed by atoms with E-state index in [0.29, 0.717) is 19.5 Å². The molecule has 2 amide bonds. The van der Waals surface area contributed by atoms with E-state index in [0.717, 1.165) is 11.1 Å². The SMILES string of the molecule is CC(C)C(CNC(=O)CCCNC(=O)OCC1c2ccccc2-c2ccccc21)CC(=O)O. The molecule has 0 fully saturated rings. The Bertz CT molecular complexity index is 943. The van der Waals surface area contributed by atoms with Crippen molar-refractivity contribution in [3.8, 4) is 11.1 Å². The van der Waals surface area contributed by atoms with Gasteiger partial charge in [0.2, 0.25) is 5.91 Å². The van der Waals surface area contributed by atoms with Crippen LogP contribution in [0.1, 0.15) is 50.2 Å². The van der Waals surface area contributed by atoms with Gasteiger partial charge in [-0.2, -0.15) is 0 Å². The van der Waals surface area contributed by atoms with E-state index in [-0.39, 0.29) is 43.1 Å². The van der Waals surface area contributed by atoms with Gasteiger partial charge in [-0.3, -0.25) is 9.59 Å². The van der Waals surface area contributed by atoms with Crippen LogP contribution < -0.4 is 10.6 Å². The molecule has 0 aromatic heterocycles. The molecular weight excluding hydrogens is 420 g/mol. The molecule has 0 aliphatic heterocycles. The van der Waals surface area contributed by atoms with Crippen molar-refractivity contribution in [2.24, 2.45) is 11.8 Å². The highest BCUT2D eigenvalue weighted by Crippen LogP contribution is 2.44. The van der Waals surface area contributed by atoms with E-state index in [2.05, 4.69) is 34.9 Å². The Morgan fingerprint density at radius 3 is 2.15 bits per heavy atom. The fourth-order valence-electron chi connectivity index (χ4n) is 4.19. The molecule has 1 unspecified atom stereocenters. The summed E-state index contributed by atoms with van der Waals surface area (Å²) in [6.07, 6.45) is 0.253. The Morgan fingerprint density at radius 1 is 0.970 bits per heavy atom. The molecule has 0 spiro atoms. The lowest BCUT2D eigenvalue weighted by Gasteiger charge is -2.19. The van der Waals surface area contributed by atoms with Crippen LogP contribution in [0.2, 0.25) is 0 Å². The number of alkyl carbamates (subject to hydrolysis) is 1. The van der Waals surface area contributed by atoms with Gasteiger partial charge in [-0.25, -0.2) is 4.79 Å². The maximum absolute atomic E-state index is 12.2. The summed E-state index contributed by atoms with van der Waals surface area (Å²) in [7, 11) is 0. The summed E-state index contributed by atoms with van der Waals surface area (Å²) in [5.41, 5.74) is 4.67. The number of carboxylic acids is 1. The zero-order chi connectivity index (χ0) is 23.8. The van der Waals surface area contributed by atoms with Crippen LogP contribution in [0.3, 0.4) is 0 Å². The quantitative estimate of drug-likeness (QED) is 0.444. The lowest BCUT2D eigenvalue weighted by molar-refractivity contribution is -0.138. The summed E-state index contributed by atoms with van der Waals surface area (Å²) in [5, 5.41) is 14.5. The molecule has 0 radical (unpaired) electrons. The molecule has 33 heavy (non-hydrogen) atoms. The van der Waals surface area contributed by atoms with Gasteiger partial charge in [0.05, 0.1) is 6.42 Å². The van der Waals surface area contributed by atoms with Gasteiger partial charge in [0.1, 0.15) is 6.61 Å². The molecule has 1 aliphatic rings. The molecule has 7 nitrogen and oxygen atoms in total. The van der Waals surface area contributed by atoms with E-state index in [1.165, 1.54) is 11.1 Å². The molecule has 1 aliphatic carbocycles. The van der Waals surface area contributed by atoms with Crippen LogP contribution in [0.15, 0.2) is 48.5 Å². The van der Waals surface area contributed by atoms with E-state index < -0.39 is 12.1 Å². The van der Waals surface area contributed by atoms with Gasteiger partial charge in [-0.05, 0) is 40.5 Å². The lowest BCUT2D eigenvalue weighted by atomic mass is 9.92. The molecule has 0 saturated carbocycles. The number of nitrogens with one attached hydrogen (secondary N) is 2. The van der Waals surface area contributed by atoms with E-state index in [1.54, 1.807) is 0 Å². The van der Waals surface area contributed by atoms with Gasteiger partial charge in [-0.1, -0.05) is 62.4 Å². The van der Waals surface area contributed by atoms with Crippen molar-refractivity contribution in [1.29, 1.82) is 0 Å². The lowest BCUT2D eigenvalue weighted by Crippen LogP contribution is -2.33. The zero-order valence-corrected chi connectivity index (χ0v) is 19.2. The molecule has 7 heteroatoms. The standard InChI is InChI=1S/C26H32N2O5/c1-17(2)18(14-25(30)31)15-28-24(29)12-7-13-27-26(32)33-16-23-21-10-5-3-8-19(21)20-9-4-6-11-22(20)23/h3-6,8-11,17-18,23H,7,12-16H2,1-2H3,(H,27,32)(H,28,29)(H,30,31). The van der Waals surface area contributed by atoms with E-state index >= 15 is 0 Å². The van der Waals surface area contributed by atoms with Crippen LogP contribution in [-0.2, 0) is 14.3 Å². The summed E-state index contributed by atoms with van der Waals surface area (Å²) < 4.78 is 5.48. The van der Waals surface area contributed by atoms with Crippen LogP contribution in [0, 0.1) is 11.8 Å². The summed E-state index contributed by atoms with van der Waals surface area (Å²) >= 11 is 0. The molecule has 3 N–H and O–H groups in total. The third kappa shape index (κ3) is 6.57. The first-order chi connectivity index (χ1) is 15.9. The van der Waals surface area contributed by atoms with Crippen molar-refractivity contribution in [2.45, 2.75) is 39.0 Å². The molecule has 2 aromatic rings. The summed E-state index contributed by atoms with van der Waals surface area (Å²) in [6, 6.07) is 16.3.